The molecule has 2 atom stereocenters. The molecule has 2 N–H and O–H groups in total. The minimum atomic E-state index is -0.623. The first-order chi connectivity index (χ1) is 12.9. The fraction of sp³-hybridized carbons (Fsp3) is 0.250. The molecule has 0 unspecified atom stereocenters. The molecule has 1 heterocycles. The number of hydrogen-bond acceptors (Lipinski definition) is 6. The molecule has 0 bridgehead atoms. The second kappa shape index (κ2) is 6.51. The van der Waals surface area contributed by atoms with Crippen LogP contribution in [0.3, 0.4) is 0 Å². The quantitative estimate of drug-likeness (QED) is 0.419. The number of aliphatic hydroxyl groups excluding tert-OH is 1. The molecule has 0 saturated heterocycles. The molecule has 3 aromatic rings. The predicted molar refractivity (Wildman–Crippen MR) is 101 cm³/mol. The van der Waals surface area contributed by atoms with Crippen molar-refractivity contribution in [2.24, 2.45) is 0 Å². The number of nitrogens with zero attached hydrogens (tertiary/aromatic N) is 1. The van der Waals surface area contributed by atoms with E-state index in [0.29, 0.717) is 24.1 Å². The molecule has 4 rings (SSSR count). The first-order valence-electron chi connectivity index (χ1n) is 8.66. The summed E-state index contributed by atoms with van der Waals surface area (Å²) in [7, 11) is 0. The van der Waals surface area contributed by atoms with Crippen LogP contribution in [0.15, 0.2) is 51.7 Å². The second-order valence-electron chi connectivity index (χ2n) is 6.86. The van der Waals surface area contributed by atoms with Crippen molar-refractivity contribution in [3.8, 4) is 0 Å². The summed E-state index contributed by atoms with van der Waals surface area (Å²) in [6, 6.07) is 11.1. The molecular formula is C20H18N2O5. The van der Waals surface area contributed by atoms with Crippen LogP contribution in [0.25, 0.3) is 11.0 Å². The topological polar surface area (TPSA) is 106 Å². The van der Waals surface area contributed by atoms with Gasteiger partial charge in [0, 0.05) is 41.3 Å². The number of fused-ring (bicyclic) bond motifs is 3. The Labute approximate surface area is 154 Å². The highest BCUT2D eigenvalue weighted by molar-refractivity contribution is 5.84. The zero-order valence-corrected chi connectivity index (χ0v) is 14.6. The number of rotatable bonds is 3. The Morgan fingerprint density at radius 1 is 1.19 bits per heavy atom. The van der Waals surface area contributed by atoms with Crippen LogP contribution in [-0.4, -0.2) is 22.2 Å². The minimum absolute atomic E-state index is 0.0123. The summed E-state index contributed by atoms with van der Waals surface area (Å²) < 4.78 is 5.48. The Hall–Kier alpha value is -3.19. The lowest BCUT2D eigenvalue weighted by atomic mass is 9.84. The summed E-state index contributed by atoms with van der Waals surface area (Å²) >= 11 is 0. The maximum Gasteiger partial charge on any atom is 0.336 e. The predicted octanol–water partition coefficient (Wildman–Crippen LogP) is 2.95. The van der Waals surface area contributed by atoms with Crippen molar-refractivity contribution >= 4 is 22.3 Å². The van der Waals surface area contributed by atoms with Crippen molar-refractivity contribution in [2.75, 3.05) is 5.32 Å². The van der Waals surface area contributed by atoms with Crippen LogP contribution < -0.4 is 10.9 Å². The number of benzene rings is 2. The molecule has 1 aliphatic carbocycles. The van der Waals surface area contributed by atoms with Crippen LogP contribution in [0.1, 0.15) is 16.7 Å². The van der Waals surface area contributed by atoms with E-state index < -0.39 is 11.0 Å². The van der Waals surface area contributed by atoms with Crippen LogP contribution in [-0.2, 0) is 12.8 Å². The van der Waals surface area contributed by atoms with E-state index in [1.807, 2.05) is 19.1 Å². The molecule has 1 aromatic heterocycles. The maximum atomic E-state index is 11.8. The van der Waals surface area contributed by atoms with E-state index in [1.54, 1.807) is 12.1 Å². The Morgan fingerprint density at radius 3 is 2.63 bits per heavy atom. The van der Waals surface area contributed by atoms with Crippen LogP contribution in [0.5, 0.6) is 0 Å². The molecule has 0 spiro atoms. The summed E-state index contributed by atoms with van der Waals surface area (Å²) in [6.07, 6.45) is 0.298. The van der Waals surface area contributed by atoms with E-state index in [1.165, 1.54) is 18.2 Å². The fourth-order valence-electron chi connectivity index (χ4n) is 3.66. The molecule has 7 heteroatoms. The van der Waals surface area contributed by atoms with E-state index in [2.05, 4.69) is 5.32 Å². The number of aryl methyl sites for hydroxylation is 1. The van der Waals surface area contributed by atoms with Crippen molar-refractivity contribution in [2.45, 2.75) is 31.9 Å². The highest BCUT2D eigenvalue weighted by Crippen LogP contribution is 2.31. The molecule has 0 aliphatic heterocycles. The van der Waals surface area contributed by atoms with Crippen LogP contribution >= 0.6 is 0 Å². The van der Waals surface area contributed by atoms with Gasteiger partial charge in [-0.2, -0.15) is 0 Å². The largest absolute Gasteiger partial charge is 0.422 e. The summed E-state index contributed by atoms with van der Waals surface area (Å²) in [4.78, 5) is 22.2. The maximum absolute atomic E-state index is 11.8. The number of non-ortho nitro benzene ring substituents is 1. The van der Waals surface area contributed by atoms with Crippen LogP contribution in [0.2, 0.25) is 0 Å². The van der Waals surface area contributed by atoms with Gasteiger partial charge in [0.05, 0.1) is 17.1 Å². The minimum Gasteiger partial charge on any atom is -0.422 e. The van der Waals surface area contributed by atoms with Crippen LogP contribution in [0, 0.1) is 17.0 Å². The molecule has 7 nitrogen and oxygen atoms in total. The van der Waals surface area contributed by atoms with Crippen molar-refractivity contribution in [3.63, 3.8) is 0 Å². The average Bonchev–Trinajstić information content (AvgIpc) is 2.62. The van der Waals surface area contributed by atoms with Gasteiger partial charge in [-0.05, 0) is 36.6 Å². The fourth-order valence-corrected chi connectivity index (χ4v) is 3.66. The van der Waals surface area contributed by atoms with Gasteiger partial charge in [0.1, 0.15) is 5.58 Å². The molecular weight excluding hydrogens is 348 g/mol. The molecule has 1 aliphatic rings. The van der Waals surface area contributed by atoms with Gasteiger partial charge in [-0.15, -0.1) is 0 Å². The van der Waals surface area contributed by atoms with Gasteiger partial charge in [0.25, 0.3) is 5.69 Å². The Kier molecular flexibility index (Phi) is 4.16. The summed E-state index contributed by atoms with van der Waals surface area (Å²) in [5.74, 6) is 0. The van der Waals surface area contributed by atoms with Crippen molar-refractivity contribution in [1.82, 2.24) is 0 Å². The normalized spacial score (nSPS) is 18.9. The SMILES string of the molecule is Cc1cc(=O)oc2c3c(ccc12)C[C@H](O)[C@@H](Nc1ccc([N+](=O)[O-])cc1)C3. The molecule has 0 radical (unpaired) electrons. The van der Waals surface area contributed by atoms with Gasteiger partial charge < -0.3 is 14.8 Å². The summed E-state index contributed by atoms with van der Waals surface area (Å²) in [5.41, 5.74) is 3.61. The van der Waals surface area contributed by atoms with E-state index in [4.69, 9.17) is 4.42 Å². The van der Waals surface area contributed by atoms with Crippen molar-refractivity contribution in [3.05, 3.63) is 79.7 Å². The smallest absolute Gasteiger partial charge is 0.336 e. The van der Waals surface area contributed by atoms with Gasteiger partial charge in [-0.25, -0.2) is 4.79 Å². The number of nitro benzene ring substituents is 1. The zero-order valence-electron chi connectivity index (χ0n) is 14.6. The lowest BCUT2D eigenvalue weighted by molar-refractivity contribution is -0.384. The number of nitro groups is 1. The van der Waals surface area contributed by atoms with E-state index in [9.17, 15) is 20.0 Å². The molecule has 27 heavy (non-hydrogen) atoms. The third kappa shape index (κ3) is 3.17. The molecule has 0 amide bonds. The van der Waals surface area contributed by atoms with Crippen LogP contribution in [0.4, 0.5) is 11.4 Å². The highest BCUT2D eigenvalue weighted by atomic mass is 16.6. The van der Waals surface area contributed by atoms with Crippen molar-refractivity contribution < 1.29 is 14.4 Å². The van der Waals surface area contributed by atoms with Gasteiger partial charge >= 0.3 is 5.63 Å². The lowest BCUT2D eigenvalue weighted by Crippen LogP contribution is -2.40. The monoisotopic (exact) mass is 366 g/mol. The zero-order chi connectivity index (χ0) is 19.1. The molecule has 138 valence electrons. The first kappa shape index (κ1) is 17.2. The molecule has 2 aromatic carbocycles. The van der Waals surface area contributed by atoms with Gasteiger partial charge in [-0.3, -0.25) is 10.1 Å². The highest BCUT2D eigenvalue weighted by Gasteiger charge is 2.29. The van der Waals surface area contributed by atoms with Gasteiger partial charge in [0.2, 0.25) is 0 Å². The Bertz CT molecular complexity index is 1090. The molecule has 0 saturated carbocycles. The number of hydrogen-bond donors (Lipinski definition) is 2. The standard InChI is InChI=1S/C20H18N2O5/c1-11-8-19(24)27-20-15(11)7-2-12-9-18(23)17(10-16(12)20)21-13-3-5-14(6-4-13)22(25)26/h2-8,17-18,21,23H,9-10H2,1H3/t17-,18-/m0/s1. The van der Waals surface area contributed by atoms with Gasteiger partial charge in [0.15, 0.2) is 0 Å². The third-order valence-electron chi connectivity index (χ3n) is 5.07. The average molecular weight is 366 g/mol. The van der Waals surface area contributed by atoms with E-state index in [0.717, 1.165) is 22.1 Å². The van der Waals surface area contributed by atoms with E-state index >= 15 is 0 Å². The molecule has 0 fully saturated rings. The van der Waals surface area contributed by atoms with Gasteiger partial charge in [-0.1, -0.05) is 12.1 Å². The summed E-state index contributed by atoms with van der Waals surface area (Å²) in [5, 5.41) is 25.4. The Balaban J connectivity index is 1.68. The summed E-state index contributed by atoms with van der Waals surface area (Å²) in [6.45, 7) is 1.87. The number of anilines is 1. The first-order valence-corrected chi connectivity index (χ1v) is 8.66. The van der Waals surface area contributed by atoms with E-state index in [-0.39, 0.29) is 17.4 Å². The second-order valence-corrected chi connectivity index (χ2v) is 6.86. The lowest BCUT2D eigenvalue weighted by Gasteiger charge is -2.31. The third-order valence-corrected chi connectivity index (χ3v) is 5.07. The Morgan fingerprint density at radius 2 is 1.93 bits per heavy atom. The van der Waals surface area contributed by atoms with Crippen molar-refractivity contribution in [1.29, 1.82) is 0 Å². The number of nitrogens with one attached hydrogen (secondary N) is 1. The number of aliphatic hydroxyl groups is 1.